The number of aromatic nitrogens is 3. The third kappa shape index (κ3) is 1.69. The number of hydrogen-bond donors (Lipinski definition) is 0. The fraction of sp³-hybridized carbons (Fsp3) is 0.111. The Bertz CT molecular complexity index is 493. The molecule has 0 aliphatic heterocycles. The van der Waals surface area contributed by atoms with Crippen LogP contribution in [-0.4, -0.2) is 19.7 Å². The minimum atomic E-state index is -0.402. The summed E-state index contributed by atoms with van der Waals surface area (Å²) in [5, 5.41) is 14.5. The summed E-state index contributed by atoms with van der Waals surface area (Å²) in [6.07, 6.45) is 2.96. The second-order valence-corrected chi connectivity index (χ2v) is 3.07. The zero-order valence-electron chi connectivity index (χ0n) is 7.99. The van der Waals surface area contributed by atoms with Gasteiger partial charge in [0.25, 0.3) is 5.69 Å². The zero-order valence-corrected chi connectivity index (χ0v) is 7.99. The van der Waals surface area contributed by atoms with Gasteiger partial charge in [-0.2, -0.15) is 5.10 Å². The summed E-state index contributed by atoms with van der Waals surface area (Å²) in [6.45, 7) is 1.69. The van der Waals surface area contributed by atoms with E-state index in [0.29, 0.717) is 5.56 Å². The summed E-state index contributed by atoms with van der Waals surface area (Å²) in [5.41, 5.74) is 1.47. The quantitative estimate of drug-likeness (QED) is 0.548. The highest BCUT2D eigenvalue weighted by atomic mass is 16.6. The van der Waals surface area contributed by atoms with Gasteiger partial charge in [-0.25, -0.2) is 9.67 Å². The first-order chi connectivity index (χ1) is 7.18. The number of aryl methyl sites for hydroxylation is 1. The van der Waals surface area contributed by atoms with E-state index in [9.17, 15) is 10.1 Å². The molecule has 0 N–H and O–H groups in total. The minimum Gasteiger partial charge on any atom is -0.258 e. The van der Waals surface area contributed by atoms with Gasteiger partial charge in [-0.05, 0) is 19.1 Å². The van der Waals surface area contributed by atoms with Crippen LogP contribution >= 0.6 is 0 Å². The molecule has 1 aromatic carbocycles. The van der Waals surface area contributed by atoms with E-state index in [0.717, 1.165) is 5.69 Å². The number of nitro benzene ring substituents is 1. The topological polar surface area (TPSA) is 73.8 Å². The maximum absolute atomic E-state index is 10.6. The van der Waals surface area contributed by atoms with Crippen molar-refractivity contribution in [1.29, 1.82) is 0 Å². The zero-order chi connectivity index (χ0) is 10.8. The maximum Gasteiger partial charge on any atom is 0.272 e. The van der Waals surface area contributed by atoms with Crippen molar-refractivity contribution in [3.05, 3.63) is 46.5 Å². The molecule has 0 amide bonds. The van der Waals surface area contributed by atoms with Crippen LogP contribution in [0.3, 0.4) is 0 Å². The molecule has 1 aromatic heterocycles. The number of benzene rings is 1. The lowest BCUT2D eigenvalue weighted by Gasteiger charge is -2.01. The van der Waals surface area contributed by atoms with E-state index in [1.807, 2.05) is 0 Å². The van der Waals surface area contributed by atoms with Gasteiger partial charge in [0.1, 0.15) is 12.7 Å². The molecule has 0 aliphatic rings. The SMILES string of the molecule is Cc1cc(-n2cncn2)ccc1[N+](=O)[O-]. The summed E-state index contributed by atoms with van der Waals surface area (Å²) in [4.78, 5) is 14.0. The Hall–Kier alpha value is -2.24. The standard InChI is InChI=1S/C9H8N4O2/c1-7-4-8(12-6-10-5-11-12)2-3-9(7)13(14)15/h2-6H,1H3. The highest BCUT2D eigenvalue weighted by Gasteiger charge is 2.10. The molecular formula is C9H8N4O2. The summed E-state index contributed by atoms with van der Waals surface area (Å²) in [5.74, 6) is 0. The minimum absolute atomic E-state index is 0.110. The van der Waals surface area contributed by atoms with Gasteiger partial charge in [0.15, 0.2) is 0 Å². The van der Waals surface area contributed by atoms with Crippen LogP contribution in [-0.2, 0) is 0 Å². The lowest BCUT2D eigenvalue weighted by Crippen LogP contribution is -1.97. The summed E-state index contributed by atoms with van der Waals surface area (Å²) >= 11 is 0. The predicted octanol–water partition coefficient (Wildman–Crippen LogP) is 1.48. The summed E-state index contributed by atoms with van der Waals surface area (Å²) < 4.78 is 1.55. The van der Waals surface area contributed by atoms with E-state index < -0.39 is 4.92 Å². The van der Waals surface area contributed by atoms with Crippen molar-refractivity contribution in [3.63, 3.8) is 0 Å². The van der Waals surface area contributed by atoms with Gasteiger partial charge >= 0.3 is 0 Å². The van der Waals surface area contributed by atoms with Crippen molar-refractivity contribution in [2.75, 3.05) is 0 Å². The van der Waals surface area contributed by atoms with Gasteiger partial charge in [-0.3, -0.25) is 10.1 Å². The summed E-state index contributed by atoms with van der Waals surface area (Å²) in [6, 6.07) is 4.80. The number of nitrogens with zero attached hydrogens (tertiary/aromatic N) is 4. The molecular weight excluding hydrogens is 196 g/mol. The average Bonchev–Trinajstić information content (AvgIpc) is 2.69. The van der Waals surface area contributed by atoms with Crippen LogP contribution in [0.2, 0.25) is 0 Å². The van der Waals surface area contributed by atoms with Crippen LogP contribution in [0.5, 0.6) is 0 Å². The lowest BCUT2D eigenvalue weighted by atomic mass is 10.2. The largest absolute Gasteiger partial charge is 0.272 e. The second kappa shape index (κ2) is 3.49. The number of hydrogen-bond acceptors (Lipinski definition) is 4. The Morgan fingerprint density at radius 3 is 2.80 bits per heavy atom. The monoisotopic (exact) mass is 204 g/mol. The van der Waals surface area contributed by atoms with E-state index in [2.05, 4.69) is 10.1 Å². The third-order valence-electron chi connectivity index (χ3n) is 2.06. The van der Waals surface area contributed by atoms with Crippen molar-refractivity contribution in [2.45, 2.75) is 6.92 Å². The molecule has 0 spiro atoms. The molecule has 6 heteroatoms. The van der Waals surface area contributed by atoms with Crippen LogP contribution in [0.4, 0.5) is 5.69 Å². The van der Waals surface area contributed by atoms with Gasteiger partial charge in [0, 0.05) is 11.6 Å². The molecule has 76 valence electrons. The third-order valence-corrected chi connectivity index (χ3v) is 2.06. The summed E-state index contributed by atoms with van der Waals surface area (Å²) in [7, 11) is 0. The van der Waals surface area contributed by atoms with E-state index in [1.165, 1.54) is 12.4 Å². The van der Waals surface area contributed by atoms with Crippen LogP contribution in [0.1, 0.15) is 5.56 Å². The molecule has 0 saturated heterocycles. The molecule has 0 unspecified atom stereocenters. The van der Waals surface area contributed by atoms with Crippen molar-refractivity contribution < 1.29 is 4.92 Å². The molecule has 2 rings (SSSR count). The van der Waals surface area contributed by atoms with Crippen LogP contribution in [0, 0.1) is 17.0 Å². The molecule has 2 aromatic rings. The fourth-order valence-electron chi connectivity index (χ4n) is 1.33. The van der Waals surface area contributed by atoms with Gasteiger partial charge in [-0.15, -0.1) is 0 Å². The van der Waals surface area contributed by atoms with E-state index in [-0.39, 0.29) is 5.69 Å². The number of rotatable bonds is 2. The molecule has 0 radical (unpaired) electrons. The van der Waals surface area contributed by atoms with E-state index >= 15 is 0 Å². The van der Waals surface area contributed by atoms with E-state index in [4.69, 9.17) is 0 Å². The normalized spacial score (nSPS) is 10.2. The molecule has 15 heavy (non-hydrogen) atoms. The van der Waals surface area contributed by atoms with Gasteiger partial charge in [0.05, 0.1) is 10.6 Å². The van der Waals surface area contributed by atoms with Crippen LogP contribution in [0.15, 0.2) is 30.9 Å². The van der Waals surface area contributed by atoms with Gasteiger partial charge in [-0.1, -0.05) is 0 Å². The molecule has 1 heterocycles. The van der Waals surface area contributed by atoms with Gasteiger partial charge in [0.2, 0.25) is 0 Å². The number of nitro groups is 1. The molecule has 0 aliphatic carbocycles. The van der Waals surface area contributed by atoms with Gasteiger partial charge < -0.3 is 0 Å². The van der Waals surface area contributed by atoms with Crippen molar-refractivity contribution in [1.82, 2.24) is 14.8 Å². The Morgan fingerprint density at radius 2 is 2.27 bits per heavy atom. The lowest BCUT2D eigenvalue weighted by molar-refractivity contribution is -0.385. The van der Waals surface area contributed by atoms with Crippen LogP contribution < -0.4 is 0 Å². The second-order valence-electron chi connectivity index (χ2n) is 3.07. The maximum atomic E-state index is 10.6. The van der Waals surface area contributed by atoms with E-state index in [1.54, 1.807) is 30.1 Å². The smallest absolute Gasteiger partial charge is 0.258 e. The Labute approximate surface area is 85.3 Å². The first-order valence-electron chi connectivity index (χ1n) is 4.28. The molecule has 0 saturated carbocycles. The Morgan fingerprint density at radius 1 is 1.47 bits per heavy atom. The highest BCUT2D eigenvalue weighted by Crippen LogP contribution is 2.20. The predicted molar refractivity (Wildman–Crippen MR) is 52.8 cm³/mol. The van der Waals surface area contributed by atoms with Crippen molar-refractivity contribution in [2.24, 2.45) is 0 Å². The molecule has 0 fully saturated rings. The average molecular weight is 204 g/mol. The Balaban J connectivity index is 2.47. The van der Waals surface area contributed by atoms with Crippen LogP contribution in [0.25, 0.3) is 5.69 Å². The van der Waals surface area contributed by atoms with Crippen molar-refractivity contribution >= 4 is 5.69 Å². The fourth-order valence-corrected chi connectivity index (χ4v) is 1.33. The molecule has 0 atom stereocenters. The highest BCUT2D eigenvalue weighted by molar-refractivity contribution is 5.46. The van der Waals surface area contributed by atoms with Crippen molar-refractivity contribution in [3.8, 4) is 5.69 Å². The molecule has 6 nitrogen and oxygen atoms in total. The Kier molecular flexibility index (Phi) is 2.17. The molecule has 0 bridgehead atoms. The first-order valence-corrected chi connectivity index (χ1v) is 4.28. The first kappa shape index (κ1) is 9.32.